The lowest BCUT2D eigenvalue weighted by Crippen LogP contribution is -2.33. The fourth-order valence-electron chi connectivity index (χ4n) is 3.67. The number of amides is 2. The van der Waals surface area contributed by atoms with Gasteiger partial charge >= 0.3 is 12.2 Å². The summed E-state index contributed by atoms with van der Waals surface area (Å²) in [7, 11) is 0. The maximum atomic E-state index is 12.9. The highest BCUT2D eigenvalue weighted by atomic mass is 79.9. The van der Waals surface area contributed by atoms with Crippen LogP contribution in [0.15, 0.2) is 53.0 Å². The fourth-order valence-corrected chi connectivity index (χ4v) is 4.04. The Bertz CT molecular complexity index is 1050. The molecule has 42 heavy (non-hydrogen) atoms. The van der Waals surface area contributed by atoms with Gasteiger partial charge in [0.1, 0.15) is 18.0 Å². The molecule has 0 saturated heterocycles. The zero-order valence-corrected chi connectivity index (χ0v) is 26.5. The molecule has 0 atom stereocenters. The topological polar surface area (TPSA) is 116 Å². The van der Waals surface area contributed by atoms with Crippen LogP contribution in [0.1, 0.15) is 51.2 Å². The first kappa shape index (κ1) is 35.3. The van der Waals surface area contributed by atoms with Gasteiger partial charge in [0, 0.05) is 30.8 Å². The average molecular weight is 654 g/mol. The summed E-state index contributed by atoms with van der Waals surface area (Å²) >= 11 is 3.49. The van der Waals surface area contributed by atoms with Crippen molar-refractivity contribution in [3.63, 3.8) is 0 Å². The van der Waals surface area contributed by atoms with E-state index in [9.17, 15) is 14.7 Å². The largest absolute Gasteiger partial charge is 0.508 e. The number of nitrogens with zero attached hydrogens (tertiary/aromatic N) is 1. The second-order valence-corrected chi connectivity index (χ2v) is 11.4. The Morgan fingerprint density at radius 3 is 2.19 bits per heavy atom. The summed E-state index contributed by atoms with van der Waals surface area (Å²) in [5, 5.41) is 12.6. The summed E-state index contributed by atoms with van der Waals surface area (Å²) in [6, 6.07) is 14.5. The minimum absolute atomic E-state index is 0.132. The smallest absolute Gasteiger partial charge is 0.410 e. The Labute approximate surface area is 257 Å². The van der Waals surface area contributed by atoms with E-state index in [0.29, 0.717) is 59.2 Å². The molecule has 2 amide bonds. The molecule has 2 aromatic carbocycles. The van der Waals surface area contributed by atoms with E-state index in [1.165, 1.54) is 0 Å². The number of halogens is 1. The van der Waals surface area contributed by atoms with Crippen molar-refractivity contribution in [2.24, 2.45) is 0 Å². The molecular weight excluding hydrogens is 608 g/mol. The van der Waals surface area contributed by atoms with E-state index in [1.54, 1.807) is 23.1 Å². The molecule has 0 unspecified atom stereocenters. The third kappa shape index (κ3) is 16.5. The molecule has 0 aliphatic carbocycles. The fraction of sp³-hybridized carbons (Fsp3) is 0.548. The standard InChI is InChI=1S/C31H45BrN2O8/c1-31(2,3)42-29(36)33-14-7-8-16-38-18-20-40-21-19-39-17-9-15-34(23-26-22-27(35)12-13-28(26)32)30(37)41-24-25-10-5-4-6-11-25/h4-6,10-13,22,35H,7-9,14-21,23-24H2,1-3H3,(H,33,36). The number of aromatic hydroxyl groups is 1. The second kappa shape index (κ2) is 20.1. The lowest BCUT2D eigenvalue weighted by Gasteiger charge is -2.23. The SMILES string of the molecule is CC(C)(C)OC(=O)NCCCCOCCOCCOCCCN(Cc1cc(O)ccc1Br)C(=O)OCc1ccccc1. The number of carbonyl (C=O) groups is 2. The number of alkyl carbamates (subject to hydrolysis) is 1. The van der Waals surface area contributed by atoms with Crippen LogP contribution in [-0.4, -0.2) is 80.5 Å². The Balaban J connectivity index is 1.56. The van der Waals surface area contributed by atoms with Gasteiger partial charge < -0.3 is 39.0 Å². The van der Waals surface area contributed by atoms with E-state index in [1.807, 2.05) is 51.1 Å². The van der Waals surface area contributed by atoms with E-state index in [2.05, 4.69) is 21.2 Å². The quantitative estimate of drug-likeness (QED) is 0.177. The van der Waals surface area contributed by atoms with Gasteiger partial charge in [-0.15, -0.1) is 0 Å². The lowest BCUT2D eigenvalue weighted by atomic mass is 10.2. The number of phenolic OH excluding ortho intramolecular Hbond substituents is 1. The van der Waals surface area contributed by atoms with E-state index < -0.39 is 17.8 Å². The molecule has 0 fully saturated rings. The van der Waals surface area contributed by atoms with E-state index in [4.69, 9.17) is 23.7 Å². The third-order valence-electron chi connectivity index (χ3n) is 5.70. The molecule has 0 heterocycles. The highest BCUT2D eigenvalue weighted by Crippen LogP contribution is 2.23. The maximum absolute atomic E-state index is 12.9. The first-order valence-corrected chi connectivity index (χ1v) is 15.1. The molecule has 0 spiro atoms. The lowest BCUT2D eigenvalue weighted by molar-refractivity contribution is 0.0121. The highest BCUT2D eigenvalue weighted by Gasteiger charge is 2.18. The second-order valence-electron chi connectivity index (χ2n) is 10.6. The monoisotopic (exact) mass is 652 g/mol. The Morgan fingerprint density at radius 1 is 0.881 bits per heavy atom. The van der Waals surface area contributed by atoms with Gasteiger partial charge in [-0.3, -0.25) is 0 Å². The molecular formula is C31H45BrN2O8. The summed E-state index contributed by atoms with van der Waals surface area (Å²) in [6.45, 7) is 9.84. The van der Waals surface area contributed by atoms with Crippen molar-refractivity contribution in [3.05, 3.63) is 64.1 Å². The van der Waals surface area contributed by atoms with Crippen molar-refractivity contribution >= 4 is 28.1 Å². The summed E-state index contributed by atoms with van der Waals surface area (Å²) in [5.41, 5.74) is 1.19. The molecule has 2 rings (SSSR count). The van der Waals surface area contributed by atoms with Crippen molar-refractivity contribution in [1.29, 1.82) is 0 Å². The highest BCUT2D eigenvalue weighted by molar-refractivity contribution is 9.10. The Kier molecular flexibility index (Phi) is 16.9. The number of hydrogen-bond donors (Lipinski definition) is 2. The number of hydrogen-bond acceptors (Lipinski definition) is 8. The number of nitrogens with one attached hydrogen (secondary N) is 1. The van der Waals surface area contributed by atoms with Gasteiger partial charge in [-0.2, -0.15) is 0 Å². The predicted molar refractivity (Wildman–Crippen MR) is 163 cm³/mol. The first-order chi connectivity index (χ1) is 20.1. The average Bonchev–Trinajstić information content (AvgIpc) is 2.94. The molecule has 0 radical (unpaired) electrons. The minimum Gasteiger partial charge on any atom is -0.508 e. The molecule has 11 heteroatoms. The predicted octanol–water partition coefficient (Wildman–Crippen LogP) is 6.04. The van der Waals surface area contributed by atoms with Crippen molar-refractivity contribution in [3.8, 4) is 5.75 Å². The molecule has 0 aliphatic heterocycles. The first-order valence-electron chi connectivity index (χ1n) is 14.3. The number of unbranched alkanes of at least 4 members (excludes halogenated alkanes) is 1. The Morgan fingerprint density at radius 2 is 1.52 bits per heavy atom. The van der Waals surface area contributed by atoms with Crippen molar-refractivity contribution in [2.75, 3.05) is 52.7 Å². The molecule has 234 valence electrons. The summed E-state index contributed by atoms with van der Waals surface area (Å²) < 4.78 is 28.3. The van der Waals surface area contributed by atoms with Gasteiger partial charge in [0.15, 0.2) is 0 Å². The minimum atomic E-state index is -0.495. The van der Waals surface area contributed by atoms with Gasteiger partial charge in [0.2, 0.25) is 0 Å². The van der Waals surface area contributed by atoms with Crippen LogP contribution in [0.4, 0.5) is 9.59 Å². The number of phenols is 1. The summed E-state index contributed by atoms with van der Waals surface area (Å²) in [4.78, 5) is 26.1. The normalized spacial score (nSPS) is 11.2. The zero-order chi connectivity index (χ0) is 30.6. The van der Waals surface area contributed by atoms with Crippen LogP contribution >= 0.6 is 15.9 Å². The number of benzene rings is 2. The number of rotatable bonds is 19. The van der Waals surface area contributed by atoms with Crippen LogP contribution in [-0.2, 0) is 36.8 Å². The Hall–Kier alpha value is -2.86. The molecule has 10 nitrogen and oxygen atoms in total. The van der Waals surface area contributed by atoms with Gasteiger partial charge in [0.05, 0.1) is 33.0 Å². The van der Waals surface area contributed by atoms with Crippen LogP contribution in [0.3, 0.4) is 0 Å². The van der Waals surface area contributed by atoms with E-state index in [-0.39, 0.29) is 18.9 Å². The zero-order valence-electron chi connectivity index (χ0n) is 24.9. The van der Waals surface area contributed by atoms with Crippen LogP contribution in [0.2, 0.25) is 0 Å². The molecule has 0 aromatic heterocycles. The summed E-state index contributed by atoms with van der Waals surface area (Å²) in [5.74, 6) is 0.132. The molecule has 2 aromatic rings. The van der Waals surface area contributed by atoms with Crippen LogP contribution in [0, 0.1) is 0 Å². The van der Waals surface area contributed by atoms with Crippen LogP contribution in [0.25, 0.3) is 0 Å². The molecule has 0 bridgehead atoms. The van der Waals surface area contributed by atoms with Crippen molar-refractivity contribution < 1.29 is 38.4 Å². The van der Waals surface area contributed by atoms with Crippen molar-refractivity contribution in [1.82, 2.24) is 10.2 Å². The van der Waals surface area contributed by atoms with E-state index >= 15 is 0 Å². The van der Waals surface area contributed by atoms with Gasteiger partial charge in [-0.1, -0.05) is 46.3 Å². The number of carbonyl (C=O) groups excluding carboxylic acids is 2. The van der Waals surface area contributed by atoms with Crippen molar-refractivity contribution in [2.45, 2.75) is 58.8 Å². The third-order valence-corrected chi connectivity index (χ3v) is 6.47. The van der Waals surface area contributed by atoms with Gasteiger partial charge in [-0.25, -0.2) is 9.59 Å². The van der Waals surface area contributed by atoms with Crippen LogP contribution < -0.4 is 5.32 Å². The molecule has 2 N–H and O–H groups in total. The van der Waals surface area contributed by atoms with Crippen LogP contribution in [0.5, 0.6) is 5.75 Å². The molecule has 0 saturated carbocycles. The van der Waals surface area contributed by atoms with E-state index in [0.717, 1.165) is 28.4 Å². The maximum Gasteiger partial charge on any atom is 0.410 e. The van der Waals surface area contributed by atoms with Gasteiger partial charge in [0.25, 0.3) is 0 Å². The number of ether oxygens (including phenoxy) is 5. The summed E-state index contributed by atoms with van der Waals surface area (Å²) in [6.07, 6.45) is 1.42. The molecule has 0 aliphatic rings. The van der Waals surface area contributed by atoms with Gasteiger partial charge in [-0.05, 0) is 69.4 Å².